The van der Waals surface area contributed by atoms with Gasteiger partial charge in [0.1, 0.15) is 6.33 Å². The van der Waals surface area contributed by atoms with Gasteiger partial charge in [-0.05, 0) is 24.8 Å². The number of hydrogen-bond acceptors (Lipinski definition) is 4. The van der Waals surface area contributed by atoms with Gasteiger partial charge in [-0.25, -0.2) is 4.79 Å². The van der Waals surface area contributed by atoms with Crippen molar-refractivity contribution in [2.24, 2.45) is 0 Å². The van der Waals surface area contributed by atoms with E-state index in [4.69, 9.17) is 4.74 Å². The van der Waals surface area contributed by atoms with Crippen LogP contribution in [0.3, 0.4) is 0 Å². The lowest BCUT2D eigenvalue weighted by Gasteiger charge is -2.17. The van der Waals surface area contributed by atoms with Crippen molar-refractivity contribution in [1.29, 1.82) is 0 Å². The summed E-state index contributed by atoms with van der Waals surface area (Å²) < 4.78 is 6.96. The molecule has 136 valence electrons. The Kier molecular flexibility index (Phi) is 5.48. The van der Waals surface area contributed by atoms with Gasteiger partial charge in [0, 0.05) is 19.0 Å². The summed E-state index contributed by atoms with van der Waals surface area (Å²) in [6, 6.07) is 11.5. The standard InChI is InChI=1S/C19H23N5O2/c1-13-8-9-15-6-4-5-7-16(15)17(13)22-19(25)21-14(2)18-23-20-12-24(18)10-11-26-3/h4-9,12,14H,10-11H2,1-3H3,(H2,21,22,25). The third-order valence-corrected chi connectivity index (χ3v) is 4.29. The third-order valence-electron chi connectivity index (χ3n) is 4.29. The number of fused-ring (bicyclic) bond motifs is 1. The van der Waals surface area contributed by atoms with E-state index in [0.717, 1.165) is 22.0 Å². The highest BCUT2D eigenvalue weighted by molar-refractivity contribution is 6.02. The number of anilines is 1. The van der Waals surface area contributed by atoms with Crippen molar-refractivity contribution >= 4 is 22.5 Å². The lowest BCUT2D eigenvalue weighted by atomic mass is 10.0. The van der Waals surface area contributed by atoms with Gasteiger partial charge in [-0.2, -0.15) is 0 Å². The second-order valence-corrected chi connectivity index (χ2v) is 6.17. The first-order chi connectivity index (χ1) is 12.6. The van der Waals surface area contributed by atoms with E-state index in [1.807, 2.05) is 48.7 Å². The Balaban J connectivity index is 1.74. The number of aryl methyl sites for hydroxylation is 1. The Morgan fingerprint density at radius 2 is 2.08 bits per heavy atom. The largest absolute Gasteiger partial charge is 0.383 e. The lowest BCUT2D eigenvalue weighted by Crippen LogP contribution is -2.33. The second kappa shape index (κ2) is 7.97. The number of carbonyl (C=O) groups is 1. The third kappa shape index (κ3) is 3.83. The van der Waals surface area contributed by atoms with Crippen LogP contribution in [0.25, 0.3) is 10.8 Å². The molecule has 2 N–H and O–H groups in total. The highest BCUT2D eigenvalue weighted by Gasteiger charge is 2.16. The Bertz CT molecular complexity index is 906. The van der Waals surface area contributed by atoms with E-state index in [-0.39, 0.29) is 12.1 Å². The highest BCUT2D eigenvalue weighted by Crippen LogP contribution is 2.27. The predicted octanol–water partition coefficient (Wildman–Crippen LogP) is 3.27. The van der Waals surface area contributed by atoms with E-state index in [1.54, 1.807) is 13.4 Å². The molecule has 26 heavy (non-hydrogen) atoms. The van der Waals surface area contributed by atoms with Gasteiger partial charge in [-0.15, -0.1) is 10.2 Å². The zero-order valence-electron chi connectivity index (χ0n) is 15.2. The van der Waals surface area contributed by atoms with Gasteiger partial charge in [-0.1, -0.05) is 36.4 Å². The van der Waals surface area contributed by atoms with Crippen molar-refractivity contribution < 1.29 is 9.53 Å². The Hall–Kier alpha value is -2.93. The summed E-state index contributed by atoms with van der Waals surface area (Å²) in [5.41, 5.74) is 1.82. The van der Waals surface area contributed by atoms with Gasteiger partial charge in [0.05, 0.1) is 18.3 Å². The first-order valence-corrected chi connectivity index (χ1v) is 8.52. The summed E-state index contributed by atoms with van der Waals surface area (Å²) in [6.07, 6.45) is 1.64. The fourth-order valence-electron chi connectivity index (χ4n) is 2.92. The van der Waals surface area contributed by atoms with Crippen LogP contribution >= 0.6 is 0 Å². The van der Waals surface area contributed by atoms with E-state index in [2.05, 4.69) is 26.9 Å². The summed E-state index contributed by atoms with van der Waals surface area (Å²) >= 11 is 0. The molecular formula is C19H23N5O2. The summed E-state index contributed by atoms with van der Waals surface area (Å²) in [7, 11) is 1.64. The molecule has 0 saturated carbocycles. The fraction of sp³-hybridized carbons (Fsp3) is 0.316. The maximum atomic E-state index is 12.5. The number of nitrogens with zero attached hydrogens (tertiary/aromatic N) is 3. The molecule has 7 heteroatoms. The molecule has 0 saturated heterocycles. The number of nitrogens with one attached hydrogen (secondary N) is 2. The number of ether oxygens (including phenoxy) is 1. The molecular weight excluding hydrogens is 330 g/mol. The summed E-state index contributed by atoms with van der Waals surface area (Å²) in [5.74, 6) is 0.687. The van der Waals surface area contributed by atoms with Gasteiger partial charge in [-0.3, -0.25) is 0 Å². The number of rotatable bonds is 6. The molecule has 1 atom stereocenters. The van der Waals surface area contributed by atoms with Crippen LogP contribution in [0, 0.1) is 6.92 Å². The minimum absolute atomic E-state index is 0.279. The van der Waals surface area contributed by atoms with Crippen molar-refractivity contribution in [3.63, 3.8) is 0 Å². The molecule has 0 aliphatic carbocycles. The Morgan fingerprint density at radius 3 is 2.88 bits per heavy atom. The number of carbonyl (C=O) groups excluding carboxylic acids is 1. The molecule has 3 rings (SSSR count). The number of hydrogen-bond donors (Lipinski definition) is 2. The smallest absolute Gasteiger partial charge is 0.319 e. The van der Waals surface area contributed by atoms with E-state index >= 15 is 0 Å². The van der Waals surface area contributed by atoms with Gasteiger partial charge < -0.3 is 19.9 Å². The molecule has 1 heterocycles. The van der Waals surface area contributed by atoms with Crippen LogP contribution in [0.1, 0.15) is 24.4 Å². The maximum absolute atomic E-state index is 12.5. The Morgan fingerprint density at radius 1 is 1.27 bits per heavy atom. The van der Waals surface area contributed by atoms with Crippen LogP contribution in [-0.4, -0.2) is 34.5 Å². The van der Waals surface area contributed by atoms with Gasteiger partial charge in [0.15, 0.2) is 5.82 Å². The number of methoxy groups -OCH3 is 1. The molecule has 2 amide bonds. The molecule has 0 radical (unpaired) electrons. The van der Waals surface area contributed by atoms with Crippen LogP contribution in [-0.2, 0) is 11.3 Å². The van der Waals surface area contributed by atoms with Crippen molar-refractivity contribution in [3.05, 3.63) is 54.1 Å². The molecule has 0 bridgehead atoms. The van der Waals surface area contributed by atoms with E-state index in [1.165, 1.54) is 0 Å². The van der Waals surface area contributed by atoms with Crippen LogP contribution in [0.15, 0.2) is 42.7 Å². The minimum atomic E-state index is -0.287. The van der Waals surface area contributed by atoms with Crippen LogP contribution in [0.5, 0.6) is 0 Å². The SMILES string of the molecule is COCCn1cnnc1C(C)NC(=O)Nc1c(C)ccc2ccccc12. The quantitative estimate of drug-likeness (QED) is 0.713. The van der Waals surface area contributed by atoms with Crippen molar-refractivity contribution in [3.8, 4) is 0 Å². The monoisotopic (exact) mass is 353 g/mol. The molecule has 0 aliphatic rings. The minimum Gasteiger partial charge on any atom is -0.383 e. The van der Waals surface area contributed by atoms with Gasteiger partial charge >= 0.3 is 6.03 Å². The molecule has 1 unspecified atom stereocenters. The van der Waals surface area contributed by atoms with E-state index in [9.17, 15) is 4.79 Å². The number of benzene rings is 2. The normalized spacial score (nSPS) is 12.1. The van der Waals surface area contributed by atoms with E-state index in [0.29, 0.717) is 19.0 Å². The Labute approximate surface area is 152 Å². The fourth-order valence-corrected chi connectivity index (χ4v) is 2.92. The number of aromatic nitrogens is 3. The molecule has 0 aliphatic heterocycles. The number of urea groups is 1. The summed E-state index contributed by atoms with van der Waals surface area (Å²) in [5, 5.41) is 16.0. The molecule has 7 nitrogen and oxygen atoms in total. The second-order valence-electron chi connectivity index (χ2n) is 6.17. The summed E-state index contributed by atoms with van der Waals surface area (Å²) in [4.78, 5) is 12.5. The van der Waals surface area contributed by atoms with Crippen molar-refractivity contribution in [2.75, 3.05) is 19.0 Å². The lowest BCUT2D eigenvalue weighted by molar-refractivity contribution is 0.185. The molecule has 0 fully saturated rings. The average Bonchev–Trinajstić information content (AvgIpc) is 3.11. The van der Waals surface area contributed by atoms with Gasteiger partial charge in [0.2, 0.25) is 0 Å². The van der Waals surface area contributed by atoms with Crippen LogP contribution in [0.4, 0.5) is 10.5 Å². The van der Waals surface area contributed by atoms with Gasteiger partial charge in [0.25, 0.3) is 0 Å². The van der Waals surface area contributed by atoms with Crippen molar-refractivity contribution in [2.45, 2.75) is 26.4 Å². The zero-order valence-corrected chi connectivity index (χ0v) is 15.2. The highest BCUT2D eigenvalue weighted by atomic mass is 16.5. The van der Waals surface area contributed by atoms with Crippen LogP contribution in [0.2, 0.25) is 0 Å². The molecule has 2 aromatic carbocycles. The molecule has 3 aromatic rings. The maximum Gasteiger partial charge on any atom is 0.319 e. The molecule has 0 spiro atoms. The molecule has 1 aromatic heterocycles. The number of amides is 2. The van der Waals surface area contributed by atoms with E-state index < -0.39 is 0 Å². The first-order valence-electron chi connectivity index (χ1n) is 8.52. The summed E-state index contributed by atoms with van der Waals surface area (Å²) in [6.45, 7) is 5.05. The topological polar surface area (TPSA) is 81.1 Å². The zero-order chi connectivity index (χ0) is 18.5. The predicted molar refractivity (Wildman–Crippen MR) is 101 cm³/mol. The van der Waals surface area contributed by atoms with Crippen molar-refractivity contribution in [1.82, 2.24) is 20.1 Å². The first kappa shape index (κ1) is 17.9. The average molecular weight is 353 g/mol. The van der Waals surface area contributed by atoms with Crippen LogP contribution < -0.4 is 10.6 Å².